The highest BCUT2D eigenvalue weighted by Crippen LogP contribution is 2.32. The number of benzene rings is 2. The Balaban J connectivity index is 1.84. The zero-order valence-electron chi connectivity index (χ0n) is 12.2. The van der Waals surface area contributed by atoms with Crippen LogP contribution >= 0.6 is 0 Å². The van der Waals surface area contributed by atoms with Crippen LogP contribution in [-0.4, -0.2) is 14.2 Å². The minimum absolute atomic E-state index is 0.0818. The molecular formula is C17H17NO3S. The van der Waals surface area contributed by atoms with Crippen LogP contribution in [0.5, 0.6) is 0 Å². The fourth-order valence-electron chi connectivity index (χ4n) is 2.80. The summed E-state index contributed by atoms with van der Waals surface area (Å²) in [5.41, 5.74) is 2.75. The third-order valence-electron chi connectivity index (χ3n) is 4.00. The number of Topliss-reactive ketones (excluding diaryl/α,β-unsaturated/α-hetero) is 1. The predicted octanol–water partition coefficient (Wildman–Crippen LogP) is 2.86. The molecule has 0 spiro atoms. The summed E-state index contributed by atoms with van der Waals surface area (Å²) in [7, 11) is -3.59. The molecule has 2 aromatic carbocycles. The molecule has 114 valence electrons. The molecule has 1 atom stereocenters. The molecule has 5 heteroatoms. The van der Waals surface area contributed by atoms with Crippen molar-refractivity contribution in [1.29, 1.82) is 0 Å². The van der Waals surface area contributed by atoms with Crippen LogP contribution in [-0.2, 0) is 16.4 Å². The van der Waals surface area contributed by atoms with Crippen LogP contribution < -0.4 is 4.72 Å². The molecular weight excluding hydrogens is 298 g/mol. The molecule has 0 aromatic heterocycles. The Labute approximate surface area is 130 Å². The zero-order valence-corrected chi connectivity index (χ0v) is 13.1. The SMILES string of the molecule is CC(=O)c1ccc(S(=O)(=O)N[C@H]2CCc3ccccc32)cc1. The Morgan fingerprint density at radius 3 is 2.45 bits per heavy atom. The van der Waals surface area contributed by atoms with Crippen LogP contribution in [0, 0.1) is 0 Å². The van der Waals surface area contributed by atoms with E-state index in [4.69, 9.17) is 0 Å². The van der Waals surface area contributed by atoms with Gasteiger partial charge in [0.25, 0.3) is 0 Å². The van der Waals surface area contributed by atoms with Crippen LogP contribution in [0.2, 0.25) is 0 Å². The van der Waals surface area contributed by atoms with Crippen molar-refractivity contribution in [2.45, 2.75) is 30.7 Å². The van der Waals surface area contributed by atoms with Gasteiger partial charge in [-0.25, -0.2) is 13.1 Å². The second-order valence-electron chi connectivity index (χ2n) is 5.49. The summed E-state index contributed by atoms with van der Waals surface area (Å²) in [6.45, 7) is 1.46. The van der Waals surface area contributed by atoms with Gasteiger partial charge in [0.05, 0.1) is 4.90 Å². The molecule has 2 aromatic rings. The fourth-order valence-corrected chi connectivity index (χ4v) is 4.05. The first-order valence-electron chi connectivity index (χ1n) is 7.18. The highest BCUT2D eigenvalue weighted by Gasteiger charge is 2.27. The van der Waals surface area contributed by atoms with Gasteiger partial charge < -0.3 is 0 Å². The van der Waals surface area contributed by atoms with E-state index in [1.807, 2.05) is 24.3 Å². The van der Waals surface area contributed by atoms with E-state index < -0.39 is 10.0 Å². The fraction of sp³-hybridized carbons (Fsp3) is 0.235. The lowest BCUT2D eigenvalue weighted by Gasteiger charge is -2.14. The molecule has 0 fully saturated rings. The molecule has 0 amide bonds. The van der Waals surface area contributed by atoms with E-state index >= 15 is 0 Å². The molecule has 4 nitrogen and oxygen atoms in total. The third-order valence-corrected chi connectivity index (χ3v) is 5.49. The number of ketones is 1. The first-order chi connectivity index (χ1) is 10.5. The van der Waals surface area contributed by atoms with Crippen LogP contribution in [0.1, 0.15) is 40.9 Å². The molecule has 1 aliphatic carbocycles. The zero-order chi connectivity index (χ0) is 15.7. The van der Waals surface area contributed by atoms with E-state index in [1.165, 1.54) is 24.6 Å². The summed E-state index contributed by atoms with van der Waals surface area (Å²) in [6.07, 6.45) is 1.65. The van der Waals surface area contributed by atoms with Crippen LogP contribution in [0.15, 0.2) is 53.4 Å². The van der Waals surface area contributed by atoms with Gasteiger partial charge in [-0.2, -0.15) is 0 Å². The molecule has 0 bridgehead atoms. The lowest BCUT2D eigenvalue weighted by molar-refractivity contribution is 0.101. The van der Waals surface area contributed by atoms with E-state index in [1.54, 1.807) is 12.1 Å². The van der Waals surface area contributed by atoms with Gasteiger partial charge in [-0.05, 0) is 43.0 Å². The first-order valence-corrected chi connectivity index (χ1v) is 8.67. The number of nitrogens with one attached hydrogen (secondary N) is 1. The maximum absolute atomic E-state index is 12.5. The first kappa shape index (κ1) is 14.9. The van der Waals surface area contributed by atoms with Crippen molar-refractivity contribution < 1.29 is 13.2 Å². The largest absolute Gasteiger partial charge is 0.295 e. The van der Waals surface area contributed by atoms with E-state index in [9.17, 15) is 13.2 Å². The molecule has 1 aliphatic rings. The molecule has 0 aliphatic heterocycles. The summed E-state index contributed by atoms with van der Waals surface area (Å²) in [6, 6.07) is 13.7. The number of carbonyl (C=O) groups is 1. The van der Waals surface area contributed by atoms with Crippen molar-refractivity contribution in [3.63, 3.8) is 0 Å². The summed E-state index contributed by atoms with van der Waals surface area (Å²) in [5.74, 6) is -0.0818. The van der Waals surface area contributed by atoms with E-state index in [0.29, 0.717) is 5.56 Å². The Kier molecular flexibility index (Phi) is 3.85. The summed E-state index contributed by atoms with van der Waals surface area (Å²) in [5, 5.41) is 0. The van der Waals surface area contributed by atoms with Crippen molar-refractivity contribution in [3.05, 3.63) is 65.2 Å². The molecule has 1 N–H and O–H groups in total. The van der Waals surface area contributed by atoms with Gasteiger partial charge in [0.2, 0.25) is 10.0 Å². The Morgan fingerprint density at radius 1 is 1.09 bits per heavy atom. The van der Waals surface area contributed by atoms with Gasteiger partial charge >= 0.3 is 0 Å². The van der Waals surface area contributed by atoms with Crippen molar-refractivity contribution in [1.82, 2.24) is 4.72 Å². The van der Waals surface area contributed by atoms with Gasteiger partial charge in [-0.15, -0.1) is 0 Å². The number of fused-ring (bicyclic) bond motifs is 1. The number of sulfonamides is 1. The van der Waals surface area contributed by atoms with Gasteiger partial charge in [-0.1, -0.05) is 36.4 Å². The Bertz CT molecular complexity index is 810. The predicted molar refractivity (Wildman–Crippen MR) is 84.3 cm³/mol. The van der Waals surface area contributed by atoms with E-state index in [0.717, 1.165) is 18.4 Å². The average Bonchev–Trinajstić information content (AvgIpc) is 2.90. The summed E-state index contributed by atoms with van der Waals surface area (Å²) < 4.78 is 27.7. The second-order valence-corrected chi connectivity index (χ2v) is 7.21. The Morgan fingerprint density at radius 2 is 1.77 bits per heavy atom. The quantitative estimate of drug-likeness (QED) is 0.882. The number of rotatable bonds is 4. The molecule has 0 radical (unpaired) electrons. The molecule has 3 rings (SSSR count). The van der Waals surface area contributed by atoms with Crippen LogP contribution in [0.25, 0.3) is 0 Å². The van der Waals surface area contributed by atoms with Crippen molar-refractivity contribution >= 4 is 15.8 Å². The average molecular weight is 315 g/mol. The third kappa shape index (κ3) is 2.82. The normalized spacial score (nSPS) is 17.2. The van der Waals surface area contributed by atoms with Gasteiger partial charge in [0, 0.05) is 11.6 Å². The number of carbonyl (C=O) groups excluding carboxylic acids is 1. The maximum Gasteiger partial charge on any atom is 0.241 e. The van der Waals surface area contributed by atoms with Crippen molar-refractivity contribution in [3.8, 4) is 0 Å². The summed E-state index contributed by atoms with van der Waals surface area (Å²) >= 11 is 0. The van der Waals surface area contributed by atoms with Crippen molar-refractivity contribution in [2.24, 2.45) is 0 Å². The molecule has 0 unspecified atom stereocenters. The lowest BCUT2D eigenvalue weighted by Crippen LogP contribution is -2.27. The number of aryl methyl sites for hydroxylation is 1. The minimum atomic E-state index is -3.59. The molecule has 0 saturated carbocycles. The lowest BCUT2D eigenvalue weighted by atomic mass is 10.1. The number of hydrogen-bond donors (Lipinski definition) is 1. The monoisotopic (exact) mass is 315 g/mol. The van der Waals surface area contributed by atoms with Gasteiger partial charge in [-0.3, -0.25) is 4.79 Å². The molecule has 0 saturated heterocycles. The Hall–Kier alpha value is -1.98. The van der Waals surface area contributed by atoms with Crippen LogP contribution in [0.3, 0.4) is 0 Å². The van der Waals surface area contributed by atoms with Gasteiger partial charge in [0.1, 0.15) is 0 Å². The topological polar surface area (TPSA) is 63.2 Å². The van der Waals surface area contributed by atoms with Gasteiger partial charge in [0.15, 0.2) is 5.78 Å². The van der Waals surface area contributed by atoms with Crippen LogP contribution in [0.4, 0.5) is 0 Å². The highest BCUT2D eigenvalue weighted by atomic mass is 32.2. The van der Waals surface area contributed by atoms with Crippen molar-refractivity contribution in [2.75, 3.05) is 0 Å². The standard InChI is InChI=1S/C17H17NO3S/c1-12(19)13-6-9-15(10-7-13)22(20,21)18-17-11-8-14-4-2-3-5-16(14)17/h2-7,9-10,17-18H,8,11H2,1H3/t17-/m0/s1. The van der Waals surface area contributed by atoms with E-state index in [-0.39, 0.29) is 16.7 Å². The second kappa shape index (κ2) is 5.66. The maximum atomic E-state index is 12.5. The number of hydrogen-bond acceptors (Lipinski definition) is 3. The molecule has 0 heterocycles. The molecule has 22 heavy (non-hydrogen) atoms. The van der Waals surface area contributed by atoms with E-state index in [2.05, 4.69) is 4.72 Å². The minimum Gasteiger partial charge on any atom is -0.295 e. The smallest absolute Gasteiger partial charge is 0.241 e. The summed E-state index contributed by atoms with van der Waals surface area (Å²) in [4.78, 5) is 11.4. The highest BCUT2D eigenvalue weighted by molar-refractivity contribution is 7.89.